The van der Waals surface area contributed by atoms with Crippen LogP contribution in [0.5, 0.6) is 0 Å². The van der Waals surface area contributed by atoms with Crippen LogP contribution in [0, 0.1) is 27.7 Å². The zero-order valence-corrected chi connectivity index (χ0v) is 14.6. The topological polar surface area (TPSA) is 24.7 Å². The fourth-order valence-electron chi connectivity index (χ4n) is 2.87. The van der Waals surface area contributed by atoms with Crippen molar-refractivity contribution in [3.05, 3.63) is 75.9 Å². The fourth-order valence-corrected chi connectivity index (χ4v) is 2.87. The van der Waals surface area contributed by atoms with Gasteiger partial charge in [-0.25, -0.2) is 0 Å². The molecule has 2 aromatic carbocycles. The second-order valence-corrected chi connectivity index (χ2v) is 6.05. The van der Waals surface area contributed by atoms with Crippen LogP contribution in [-0.4, -0.2) is 19.5 Å². The van der Waals surface area contributed by atoms with Gasteiger partial charge in [0.2, 0.25) is 0 Å². The Bertz CT molecular complexity index is 755. The van der Waals surface area contributed by atoms with E-state index in [1.54, 1.807) is 0 Å². The maximum atomic E-state index is 4.45. The molecule has 0 aromatic heterocycles. The Morgan fingerprint density at radius 2 is 1.22 bits per heavy atom. The van der Waals surface area contributed by atoms with Crippen LogP contribution in [0.25, 0.3) is 5.70 Å². The number of benzene rings is 2. The van der Waals surface area contributed by atoms with Gasteiger partial charge in [-0.3, -0.25) is 9.98 Å². The number of hydrogen-bond donors (Lipinski definition) is 0. The van der Waals surface area contributed by atoms with E-state index in [0.29, 0.717) is 0 Å². The van der Waals surface area contributed by atoms with Crippen LogP contribution in [0.4, 0.5) is 0 Å². The Labute approximate surface area is 139 Å². The van der Waals surface area contributed by atoms with E-state index in [9.17, 15) is 0 Å². The molecule has 0 aliphatic heterocycles. The fraction of sp³-hybridized carbons (Fsp3) is 0.238. The van der Waals surface area contributed by atoms with Gasteiger partial charge in [-0.05, 0) is 64.8 Å². The molecule has 2 nitrogen and oxygen atoms in total. The Balaban J connectivity index is 2.52. The van der Waals surface area contributed by atoms with Gasteiger partial charge in [0.05, 0.1) is 11.4 Å². The van der Waals surface area contributed by atoms with E-state index in [1.165, 1.54) is 22.3 Å². The number of rotatable bonds is 4. The zero-order chi connectivity index (χ0) is 17.0. The van der Waals surface area contributed by atoms with Gasteiger partial charge < -0.3 is 0 Å². The third-order valence-corrected chi connectivity index (χ3v) is 3.72. The van der Waals surface area contributed by atoms with Gasteiger partial charge >= 0.3 is 0 Å². The van der Waals surface area contributed by atoms with Crippen molar-refractivity contribution >= 4 is 18.1 Å². The summed E-state index contributed by atoms with van der Waals surface area (Å²) in [5.41, 5.74) is 8.84. The van der Waals surface area contributed by atoms with Crippen molar-refractivity contribution in [2.45, 2.75) is 27.7 Å². The number of nitrogens with zero attached hydrogens (tertiary/aromatic N) is 2. The molecule has 23 heavy (non-hydrogen) atoms. The van der Waals surface area contributed by atoms with Crippen molar-refractivity contribution in [1.29, 1.82) is 0 Å². The molecular weight excluding hydrogens is 280 g/mol. The molecule has 2 rings (SSSR count). The van der Waals surface area contributed by atoms with Crippen molar-refractivity contribution in [3.8, 4) is 0 Å². The van der Waals surface area contributed by atoms with Crippen LogP contribution in [0.15, 0.2) is 52.5 Å². The maximum Gasteiger partial charge on any atom is 0.0716 e. The smallest absolute Gasteiger partial charge is 0.0716 e. The van der Waals surface area contributed by atoms with Gasteiger partial charge in [-0.2, -0.15) is 0 Å². The number of aryl methyl sites for hydroxylation is 4. The average Bonchev–Trinajstić information content (AvgIpc) is 2.46. The minimum atomic E-state index is 0.844. The average molecular weight is 304 g/mol. The standard InChI is InChI=1S/C21H24N2/c1-14-7-15(2)10-18(9-14)20(22-5)13-21(23-6)19-11-16(3)8-17(4)12-19/h7-13H,5H2,1-4,6H3/b20-13-,23-21+. The van der Waals surface area contributed by atoms with Crippen LogP contribution < -0.4 is 0 Å². The molecule has 0 saturated carbocycles. The molecule has 0 aliphatic carbocycles. The first-order valence-corrected chi connectivity index (χ1v) is 7.75. The second kappa shape index (κ2) is 7.19. The molecular formula is C21H24N2. The van der Waals surface area contributed by atoms with Crippen LogP contribution in [0.2, 0.25) is 0 Å². The summed E-state index contributed by atoms with van der Waals surface area (Å²) >= 11 is 0. The minimum absolute atomic E-state index is 0.844. The highest BCUT2D eigenvalue weighted by Crippen LogP contribution is 2.21. The molecule has 0 fully saturated rings. The van der Waals surface area contributed by atoms with E-state index in [1.807, 2.05) is 13.1 Å². The van der Waals surface area contributed by atoms with Gasteiger partial charge in [0.25, 0.3) is 0 Å². The largest absolute Gasteiger partial charge is 0.288 e. The van der Waals surface area contributed by atoms with Gasteiger partial charge in [0, 0.05) is 18.2 Å². The SMILES string of the molecule is C=N/C(=C\C(=N/C)c1cc(C)cc(C)c1)c1cc(C)cc(C)c1. The lowest BCUT2D eigenvalue weighted by atomic mass is 10.0. The number of hydrogen-bond acceptors (Lipinski definition) is 2. The Hall–Kier alpha value is -2.48. The molecule has 2 heteroatoms. The Morgan fingerprint density at radius 3 is 1.61 bits per heavy atom. The molecule has 0 unspecified atom stereocenters. The van der Waals surface area contributed by atoms with Gasteiger partial charge in [-0.15, -0.1) is 0 Å². The van der Waals surface area contributed by atoms with Crippen molar-refractivity contribution in [2.24, 2.45) is 9.98 Å². The summed E-state index contributed by atoms with van der Waals surface area (Å²) in [6, 6.07) is 12.9. The third kappa shape index (κ3) is 4.26. The summed E-state index contributed by atoms with van der Waals surface area (Å²) in [5, 5.41) is 0. The summed E-state index contributed by atoms with van der Waals surface area (Å²) < 4.78 is 0. The molecule has 0 spiro atoms. The van der Waals surface area contributed by atoms with Crippen molar-refractivity contribution < 1.29 is 0 Å². The first-order valence-electron chi connectivity index (χ1n) is 7.75. The molecule has 0 bridgehead atoms. The minimum Gasteiger partial charge on any atom is -0.288 e. The van der Waals surface area contributed by atoms with E-state index in [0.717, 1.165) is 22.5 Å². The van der Waals surface area contributed by atoms with Gasteiger partial charge in [0.15, 0.2) is 0 Å². The predicted molar refractivity (Wildman–Crippen MR) is 102 cm³/mol. The summed E-state index contributed by atoms with van der Waals surface area (Å²) in [5.74, 6) is 0. The van der Waals surface area contributed by atoms with E-state index in [-0.39, 0.29) is 0 Å². The summed E-state index contributed by atoms with van der Waals surface area (Å²) in [4.78, 5) is 8.68. The number of allylic oxidation sites excluding steroid dienone is 1. The Kier molecular flexibility index (Phi) is 5.28. The summed E-state index contributed by atoms with van der Waals surface area (Å²) in [6.45, 7) is 12.1. The summed E-state index contributed by atoms with van der Waals surface area (Å²) in [7, 11) is 1.81. The normalized spacial score (nSPS) is 12.4. The highest BCUT2D eigenvalue weighted by atomic mass is 14.7. The van der Waals surface area contributed by atoms with Crippen LogP contribution in [-0.2, 0) is 0 Å². The highest BCUT2D eigenvalue weighted by molar-refractivity contribution is 6.12. The monoisotopic (exact) mass is 304 g/mol. The van der Waals surface area contributed by atoms with Crippen molar-refractivity contribution in [3.63, 3.8) is 0 Å². The van der Waals surface area contributed by atoms with Crippen molar-refractivity contribution in [1.82, 2.24) is 0 Å². The van der Waals surface area contributed by atoms with Crippen molar-refractivity contribution in [2.75, 3.05) is 7.05 Å². The highest BCUT2D eigenvalue weighted by Gasteiger charge is 2.06. The third-order valence-electron chi connectivity index (χ3n) is 3.72. The maximum absolute atomic E-state index is 4.45. The zero-order valence-electron chi connectivity index (χ0n) is 14.6. The lowest BCUT2D eigenvalue weighted by Crippen LogP contribution is -2.00. The van der Waals surface area contributed by atoms with Gasteiger partial charge in [0.1, 0.15) is 0 Å². The van der Waals surface area contributed by atoms with E-state index < -0.39 is 0 Å². The van der Waals surface area contributed by atoms with E-state index in [4.69, 9.17) is 0 Å². The predicted octanol–water partition coefficient (Wildman–Crippen LogP) is 5.08. The lowest BCUT2D eigenvalue weighted by molar-refractivity contribution is 1.35. The molecule has 0 aliphatic rings. The molecule has 118 valence electrons. The number of aliphatic imine (C=N–C) groups is 2. The quantitative estimate of drug-likeness (QED) is 0.704. The van der Waals surface area contributed by atoms with Crippen LogP contribution in [0.1, 0.15) is 33.4 Å². The first kappa shape index (κ1) is 16.9. The van der Waals surface area contributed by atoms with Gasteiger partial charge in [-0.1, -0.05) is 34.4 Å². The lowest BCUT2D eigenvalue weighted by Gasteiger charge is -2.09. The molecule has 0 N–H and O–H groups in total. The Morgan fingerprint density at radius 1 is 0.783 bits per heavy atom. The molecule has 2 aromatic rings. The van der Waals surface area contributed by atoms with Crippen LogP contribution >= 0.6 is 0 Å². The summed E-state index contributed by atoms with van der Waals surface area (Å²) in [6.07, 6.45) is 2.01. The second-order valence-electron chi connectivity index (χ2n) is 6.05. The molecule has 0 saturated heterocycles. The van der Waals surface area contributed by atoms with E-state index >= 15 is 0 Å². The first-order chi connectivity index (χ1) is 10.9. The van der Waals surface area contributed by atoms with Crippen LogP contribution in [0.3, 0.4) is 0 Å². The molecule has 0 atom stereocenters. The molecule has 0 heterocycles. The molecule has 0 amide bonds. The van der Waals surface area contributed by atoms with E-state index in [2.05, 4.69) is 80.8 Å². The molecule has 0 radical (unpaired) electrons.